The molecule has 4 nitrogen and oxygen atoms in total. The SMILES string of the molecule is CCOC(=O)C(C(=O)N1CCC(C)(C)CC1)C(C)(C)C. The Morgan fingerprint density at radius 1 is 1.20 bits per heavy atom. The molecule has 1 unspecified atom stereocenters. The first-order chi connectivity index (χ1) is 9.08. The maximum absolute atomic E-state index is 12.7. The van der Waals surface area contributed by atoms with Gasteiger partial charge in [0.2, 0.25) is 5.91 Å². The molecule has 0 spiro atoms. The molecule has 1 heterocycles. The highest BCUT2D eigenvalue weighted by atomic mass is 16.5. The zero-order valence-electron chi connectivity index (χ0n) is 13.8. The summed E-state index contributed by atoms with van der Waals surface area (Å²) in [6.45, 7) is 13.7. The van der Waals surface area contributed by atoms with Crippen molar-refractivity contribution in [2.75, 3.05) is 19.7 Å². The minimum absolute atomic E-state index is 0.0774. The number of esters is 1. The van der Waals surface area contributed by atoms with E-state index < -0.39 is 17.3 Å². The van der Waals surface area contributed by atoms with Gasteiger partial charge in [0.15, 0.2) is 0 Å². The standard InChI is InChI=1S/C16H29NO3/c1-7-20-14(19)12(15(2,3)4)13(18)17-10-8-16(5,6)9-11-17/h12H,7-11H2,1-6H3. The molecule has 0 aromatic rings. The highest BCUT2D eigenvalue weighted by Gasteiger charge is 2.42. The van der Waals surface area contributed by atoms with E-state index in [2.05, 4.69) is 13.8 Å². The lowest BCUT2D eigenvalue weighted by molar-refractivity contribution is -0.161. The monoisotopic (exact) mass is 283 g/mol. The molecule has 0 aromatic carbocycles. The first-order valence-corrected chi connectivity index (χ1v) is 7.54. The van der Waals surface area contributed by atoms with Crippen LogP contribution < -0.4 is 0 Å². The summed E-state index contributed by atoms with van der Waals surface area (Å²) >= 11 is 0. The topological polar surface area (TPSA) is 46.6 Å². The third kappa shape index (κ3) is 4.22. The van der Waals surface area contributed by atoms with Gasteiger partial charge in [-0.1, -0.05) is 34.6 Å². The fraction of sp³-hybridized carbons (Fsp3) is 0.875. The van der Waals surface area contributed by atoms with E-state index in [1.54, 1.807) is 6.92 Å². The maximum Gasteiger partial charge on any atom is 0.319 e. The molecule has 1 amide bonds. The number of hydrogen-bond acceptors (Lipinski definition) is 3. The molecule has 0 bridgehead atoms. The van der Waals surface area contributed by atoms with Crippen molar-refractivity contribution in [3.63, 3.8) is 0 Å². The Morgan fingerprint density at radius 2 is 1.70 bits per heavy atom. The summed E-state index contributed by atoms with van der Waals surface area (Å²) in [4.78, 5) is 26.7. The minimum atomic E-state index is -0.705. The molecule has 0 aliphatic carbocycles. The van der Waals surface area contributed by atoms with Gasteiger partial charge >= 0.3 is 5.97 Å². The van der Waals surface area contributed by atoms with E-state index >= 15 is 0 Å². The van der Waals surface area contributed by atoms with Crippen LogP contribution >= 0.6 is 0 Å². The zero-order valence-corrected chi connectivity index (χ0v) is 13.8. The lowest BCUT2D eigenvalue weighted by Crippen LogP contribution is -2.49. The molecule has 1 aliphatic rings. The van der Waals surface area contributed by atoms with E-state index in [0.29, 0.717) is 6.61 Å². The smallest absolute Gasteiger partial charge is 0.319 e. The molecular formula is C16H29NO3. The number of amides is 1. The van der Waals surface area contributed by atoms with Gasteiger partial charge in [-0.05, 0) is 30.6 Å². The van der Waals surface area contributed by atoms with E-state index in [9.17, 15) is 9.59 Å². The largest absolute Gasteiger partial charge is 0.465 e. The molecule has 0 saturated carbocycles. The first kappa shape index (κ1) is 17.0. The van der Waals surface area contributed by atoms with Gasteiger partial charge in [0, 0.05) is 13.1 Å². The van der Waals surface area contributed by atoms with Crippen molar-refractivity contribution in [1.29, 1.82) is 0 Å². The Balaban J connectivity index is 2.82. The second kappa shape index (κ2) is 6.15. The maximum atomic E-state index is 12.7. The van der Waals surface area contributed by atoms with Gasteiger partial charge < -0.3 is 9.64 Å². The molecule has 0 radical (unpaired) electrons. The highest BCUT2D eigenvalue weighted by Crippen LogP contribution is 2.33. The van der Waals surface area contributed by atoms with Gasteiger partial charge in [-0.25, -0.2) is 0 Å². The fourth-order valence-electron chi connectivity index (χ4n) is 2.57. The molecule has 1 saturated heterocycles. The lowest BCUT2D eigenvalue weighted by Gasteiger charge is -2.40. The second-order valence-electron chi connectivity index (χ2n) is 7.54. The number of ether oxygens (including phenoxy) is 1. The Hall–Kier alpha value is -1.06. The molecule has 0 aromatic heterocycles. The quantitative estimate of drug-likeness (QED) is 0.591. The Bertz CT molecular complexity index is 358. The number of nitrogens with zero attached hydrogens (tertiary/aromatic N) is 1. The Kier molecular flexibility index (Phi) is 5.22. The molecule has 116 valence electrons. The average molecular weight is 283 g/mol. The summed E-state index contributed by atoms with van der Waals surface area (Å²) in [5, 5.41) is 0. The lowest BCUT2D eigenvalue weighted by atomic mass is 9.78. The summed E-state index contributed by atoms with van der Waals surface area (Å²) < 4.78 is 5.10. The zero-order chi connectivity index (χ0) is 15.6. The molecule has 1 fully saturated rings. The van der Waals surface area contributed by atoms with Crippen molar-refractivity contribution in [1.82, 2.24) is 4.90 Å². The number of piperidine rings is 1. The van der Waals surface area contributed by atoms with Crippen molar-refractivity contribution in [2.24, 2.45) is 16.7 Å². The minimum Gasteiger partial charge on any atom is -0.465 e. The predicted octanol–water partition coefficient (Wildman–Crippen LogP) is 2.86. The molecule has 0 N–H and O–H groups in total. The highest BCUT2D eigenvalue weighted by molar-refractivity contribution is 5.98. The van der Waals surface area contributed by atoms with Crippen LogP contribution in [0.15, 0.2) is 0 Å². The van der Waals surface area contributed by atoms with E-state index in [-0.39, 0.29) is 11.3 Å². The summed E-state index contributed by atoms with van der Waals surface area (Å²) in [6.07, 6.45) is 1.97. The van der Waals surface area contributed by atoms with Crippen LogP contribution in [0.4, 0.5) is 0 Å². The average Bonchev–Trinajstić information content (AvgIpc) is 2.27. The molecule has 1 aliphatic heterocycles. The number of carbonyl (C=O) groups excluding carboxylic acids is 2. The summed E-state index contributed by atoms with van der Waals surface area (Å²) in [6, 6.07) is 0. The van der Waals surface area contributed by atoms with Crippen molar-refractivity contribution in [3.8, 4) is 0 Å². The van der Waals surface area contributed by atoms with Crippen LogP contribution in [0.2, 0.25) is 0 Å². The summed E-state index contributed by atoms with van der Waals surface area (Å²) in [5.74, 6) is -1.18. The Morgan fingerprint density at radius 3 is 2.10 bits per heavy atom. The third-order valence-corrected chi connectivity index (χ3v) is 4.06. The van der Waals surface area contributed by atoms with Gasteiger partial charge in [0.05, 0.1) is 6.61 Å². The fourth-order valence-corrected chi connectivity index (χ4v) is 2.57. The van der Waals surface area contributed by atoms with Crippen LogP contribution in [0, 0.1) is 16.7 Å². The molecule has 4 heteroatoms. The van der Waals surface area contributed by atoms with Crippen LogP contribution in [-0.2, 0) is 14.3 Å². The van der Waals surface area contributed by atoms with E-state index in [1.165, 1.54) is 0 Å². The number of likely N-dealkylation sites (tertiary alicyclic amines) is 1. The van der Waals surface area contributed by atoms with Gasteiger partial charge in [0.1, 0.15) is 5.92 Å². The summed E-state index contributed by atoms with van der Waals surface area (Å²) in [5.41, 5.74) is -0.131. The van der Waals surface area contributed by atoms with Gasteiger partial charge in [0.25, 0.3) is 0 Å². The van der Waals surface area contributed by atoms with Crippen LogP contribution in [0.3, 0.4) is 0 Å². The normalized spacial score (nSPS) is 20.4. The van der Waals surface area contributed by atoms with Crippen LogP contribution in [-0.4, -0.2) is 36.5 Å². The second-order valence-corrected chi connectivity index (χ2v) is 7.54. The molecular weight excluding hydrogens is 254 g/mol. The van der Waals surface area contributed by atoms with Crippen molar-refractivity contribution >= 4 is 11.9 Å². The van der Waals surface area contributed by atoms with E-state index in [4.69, 9.17) is 4.74 Å². The number of rotatable bonds is 3. The number of hydrogen-bond donors (Lipinski definition) is 0. The van der Waals surface area contributed by atoms with Gasteiger partial charge in [-0.3, -0.25) is 9.59 Å². The van der Waals surface area contributed by atoms with Crippen molar-refractivity contribution in [2.45, 2.75) is 54.4 Å². The van der Waals surface area contributed by atoms with Gasteiger partial charge in [-0.2, -0.15) is 0 Å². The third-order valence-electron chi connectivity index (χ3n) is 4.06. The van der Waals surface area contributed by atoms with Crippen molar-refractivity contribution in [3.05, 3.63) is 0 Å². The van der Waals surface area contributed by atoms with Crippen LogP contribution in [0.25, 0.3) is 0 Å². The van der Waals surface area contributed by atoms with Crippen LogP contribution in [0.1, 0.15) is 54.4 Å². The summed E-state index contributed by atoms with van der Waals surface area (Å²) in [7, 11) is 0. The predicted molar refractivity (Wildman–Crippen MR) is 79.2 cm³/mol. The van der Waals surface area contributed by atoms with E-state index in [0.717, 1.165) is 25.9 Å². The van der Waals surface area contributed by atoms with E-state index in [1.807, 2.05) is 25.7 Å². The molecule has 1 rings (SSSR count). The molecule has 20 heavy (non-hydrogen) atoms. The first-order valence-electron chi connectivity index (χ1n) is 7.54. The van der Waals surface area contributed by atoms with Crippen molar-refractivity contribution < 1.29 is 14.3 Å². The van der Waals surface area contributed by atoms with Crippen LogP contribution in [0.5, 0.6) is 0 Å². The van der Waals surface area contributed by atoms with Gasteiger partial charge in [-0.15, -0.1) is 0 Å². The Labute approximate surface area is 122 Å². The molecule has 1 atom stereocenters. The number of carbonyl (C=O) groups is 2.